The van der Waals surface area contributed by atoms with Gasteiger partial charge in [-0.25, -0.2) is 9.78 Å². The molecule has 0 unspecified atom stereocenters. The van der Waals surface area contributed by atoms with Crippen molar-refractivity contribution >= 4 is 23.4 Å². The summed E-state index contributed by atoms with van der Waals surface area (Å²) in [4.78, 5) is 20.9. The van der Waals surface area contributed by atoms with Gasteiger partial charge < -0.3 is 20.4 Å². The van der Waals surface area contributed by atoms with Crippen LogP contribution >= 0.6 is 11.6 Å². The number of nitrogens with one attached hydrogen (secondary N) is 2. The molecule has 6 nitrogen and oxygen atoms in total. The van der Waals surface area contributed by atoms with E-state index in [1.54, 1.807) is 6.07 Å². The average Bonchev–Trinajstić information content (AvgIpc) is 2.93. The minimum atomic E-state index is -0.0374. The highest BCUT2D eigenvalue weighted by atomic mass is 35.5. The second kappa shape index (κ2) is 7.36. The Bertz CT molecular complexity index is 547. The highest BCUT2D eigenvalue weighted by Gasteiger charge is 2.24. The lowest BCUT2D eigenvalue weighted by Gasteiger charge is -2.33. The Hall–Kier alpha value is -1.53. The maximum absolute atomic E-state index is 12.1. The fourth-order valence-electron chi connectivity index (χ4n) is 3.29. The summed E-state index contributed by atoms with van der Waals surface area (Å²) in [7, 11) is 2.08. The molecule has 1 atom stereocenters. The molecule has 2 N–H and O–H groups in total. The summed E-state index contributed by atoms with van der Waals surface area (Å²) in [5, 5.41) is 6.69. The van der Waals surface area contributed by atoms with Crippen LogP contribution in [0.2, 0.25) is 5.15 Å². The van der Waals surface area contributed by atoms with E-state index in [0.717, 1.165) is 51.3 Å². The van der Waals surface area contributed by atoms with E-state index >= 15 is 0 Å². The van der Waals surface area contributed by atoms with Crippen molar-refractivity contribution in [2.24, 2.45) is 0 Å². The number of hydrogen-bond acceptors (Lipinski definition) is 4. The number of likely N-dealkylation sites (N-methyl/N-ethyl adjacent to an activating group) is 1. The van der Waals surface area contributed by atoms with Crippen molar-refractivity contribution in [1.82, 2.24) is 20.5 Å². The Balaban J connectivity index is 1.43. The number of anilines is 1. The fraction of sp³-hybridized carbons (Fsp3) is 0.625. The maximum atomic E-state index is 12.1. The Morgan fingerprint density at radius 1 is 1.17 bits per heavy atom. The zero-order valence-electron chi connectivity index (χ0n) is 13.5. The third-order valence-corrected chi connectivity index (χ3v) is 4.79. The van der Waals surface area contributed by atoms with Gasteiger partial charge in [0.05, 0.1) is 0 Å². The molecule has 2 fully saturated rings. The summed E-state index contributed by atoms with van der Waals surface area (Å²) in [5.41, 5.74) is 0. The molecule has 126 valence electrons. The quantitative estimate of drug-likeness (QED) is 0.824. The van der Waals surface area contributed by atoms with Gasteiger partial charge in [0.2, 0.25) is 0 Å². The zero-order chi connectivity index (χ0) is 16.2. The molecule has 0 saturated carbocycles. The predicted molar refractivity (Wildman–Crippen MR) is 92.1 cm³/mol. The van der Waals surface area contributed by atoms with Gasteiger partial charge in [0.25, 0.3) is 0 Å². The van der Waals surface area contributed by atoms with Crippen LogP contribution in [0.4, 0.5) is 10.6 Å². The molecule has 1 aromatic rings. The average molecular weight is 338 g/mol. The Morgan fingerprint density at radius 3 is 2.52 bits per heavy atom. The molecule has 23 heavy (non-hydrogen) atoms. The molecule has 0 bridgehead atoms. The standard InChI is InChI=1S/C16H24ClN5O/c1-21-8-5-13(11-21)19-16(23)18-12-6-9-22(10-7-12)15-4-2-3-14(17)20-15/h2-4,12-13H,5-11H2,1H3,(H2,18,19,23)/t13-/m1/s1. The number of piperidine rings is 1. The maximum Gasteiger partial charge on any atom is 0.315 e. The van der Waals surface area contributed by atoms with Crippen LogP contribution in [0.5, 0.6) is 0 Å². The van der Waals surface area contributed by atoms with Crippen molar-refractivity contribution in [3.05, 3.63) is 23.4 Å². The number of carbonyl (C=O) groups excluding carboxylic acids is 1. The summed E-state index contributed by atoms with van der Waals surface area (Å²) in [5.74, 6) is 0.911. The monoisotopic (exact) mass is 337 g/mol. The topological polar surface area (TPSA) is 60.5 Å². The summed E-state index contributed by atoms with van der Waals surface area (Å²) >= 11 is 5.95. The minimum Gasteiger partial charge on any atom is -0.356 e. The van der Waals surface area contributed by atoms with Gasteiger partial charge in [-0.1, -0.05) is 17.7 Å². The number of carbonyl (C=O) groups is 1. The fourth-order valence-corrected chi connectivity index (χ4v) is 3.45. The van der Waals surface area contributed by atoms with E-state index in [1.165, 1.54) is 0 Å². The summed E-state index contributed by atoms with van der Waals surface area (Å²) < 4.78 is 0. The van der Waals surface area contributed by atoms with E-state index in [1.807, 2.05) is 12.1 Å². The number of amides is 2. The molecule has 0 aromatic carbocycles. The number of aromatic nitrogens is 1. The number of halogens is 1. The third kappa shape index (κ3) is 4.48. The lowest BCUT2D eigenvalue weighted by atomic mass is 10.1. The molecule has 3 heterocycles. The SMILES string of the molecule is CN1CC[C@@H](NC(=O)NC2CCN(c3cccc(Cl)n3)CC2)C1. The molecular formula is C16H24ClN5O. The van der Waals surface area contributed by atoms with Gasteiger partial charge in [-0.3, -0.25) is 0 Å². The molecule has 0 radical (unpaired) electrons. The largest absolute Gasteiger partial charge is 0.356 e. The van der Waals surface area contributed by atoms with Crippen LogP contribution in [0.1, 0.15) is 19.3 Å². The van der Waals surface area contributed by atoms with Crippen LogP contribution in [0.3, 0.4) is 0 Å². The summed E-state index contributed by atoms with van der Waals surface area (Å²) in [6, 6.07) is 6.14. The van der Waals surface area contributed by atoms with Crippen molar-refractivity contribution in [3.63, 3.8) is 0 Å². The highest BCUT2D eigenvalue weighted by molar-refractivity contribution is 6.29. The Morgan fingerprint density at radius 2 is 1.87 bits per heavy atom. The molecule has 2 aliphatic rings. The van der Waals surface area contributed by atoms with Gasteiger partial charge in [0, 0.05) is 31.7 Å². The molecule has 3 rings (SSSR count). The van der Waals surface area contributed by atoms with Crippen LogP contribution in [0.25, 0.3) is 0 Å². The first-order chi connectivity index (χ1) is 11.1. The van der Waals surface area contributed by atoms with Crippen LogP contribution in [0.15, 0.2) is 18.2 Å². The first-order valence-corrected chi connectivity index (χ1v) is 8.61. The molecule has 2 aliphatic heterocycles. The van der Waals surface area contributed by atoms with E-state index < -0.39 is 0 Å². The van der Waals surface area contributed by atoms with Crippen LogP contribution in [-0.2, 0) is 0 Å². The number of pyridine rings is 1. The number of hydrogen-bond donors (Lipinski definition) is 2. The Labute approximate surface area is 142 Å². The highest BCUT2D eigenvalue weighted by Crippen LogP contribution is 2.19. The molecule has 1 aromatic heterocycles. The van der Waals surface area contributed by atoms with E-state index in [9.17, 15) is 4.79 Å². The van der Waals surface area contributed by atoms with Crippen molar-refractivity contribution < 1.29 is 4.79 Å². The molecule has 2 saturated heterocycles. The van der Waals surface area contributed by atoms with E-state index in [-0.39, 0.29) is 18.1 Å². The number of rotatable bonds is 3. The van der Waals surface area contributed by atoms with Gasteiger partial charge >= 0.3 is 6.03 Å². The van der Waals surface area contributed by atoms with Gasteiger partial charge in [0.1, 0.15) is 11.0 Å². The molecule has 0 spiro atoms. The zero-order valence-corrected chi connectivity index (χ0v) is 14.2. The van der Waals surface area contributed by atoms with Crippen molar-refractivity contribution in [3.8, 4) is 0 Å². The molecule has 2 amide bonds. The van der Waals surface area contributed by atoms with Gasteiger partial charge in [-0.05, 0) is 45.0 Å². The van der Waals surface area contributed by atoms with Crippen molar-refractivity contribution in [2.75, 3.05) is 38.1 Å². The number of nitrogens with zero attached hydrogens (tertiary/aromatic N) is 3. The van der Waals surface area contributed by atoms with Crippen molar-refractivity contribution in [1.29, 1.82) is 0 Å². The molecule has 7 heteroatoms. The van der Waals surface area contributed by atoms with Gasteiger partial charge in [-0.15, -0.1) is 0 Å². The predicted octanol–water partition coefficient (Wildman–Crippen LogP) is 1.71. The normalized spacial score (nSPS) is 23.0. The van der Waals surface area contributed by atoms with Gasteiger partial charge in [-0.2, -0.15) is 0 Å². The summed E-state index contributed by atoms with van der Waals surface area (Å²) in [6.45, 7) is 3.75. The molecular weight excluding hydrogens is 314 g/mol. The second-order valence-electron chi connectivity index (χ2n) is 6.45. The lowest BCUT2D eigenvalue weighted by Crippen LogP contribution is -2.50. The second-order valence-corrected chi connectivity index (χ2v) is 6.83. The smallest absolute Gasteiger partial charge is 0.315 e. The lowest BCUT2D eigenvalue weighted by molar-refractivity contribution is 0.230. The van der Waals surface area contributed by atoms with Crippen LogP contribution < -0.4 is 15.5 Å². The minimum absolute atomic E-state index is 0.0374. The first kappa shape index (κ1) is 16.3. The molecule has 0 aliphatic carbocycles. The van der Waals surface area contributed by atoms with E-state index in [2.05, 4.69) is 32.5 Å². The van der Waals surface area contributed by atoms with Gasteiger partial charge in [0.15, 0.2) is 0 Å². The van der Waals surface area contributed by atoms with E-state index in [0.29, 0.717) is 5.15 Å². The van der Waals surface area contributed by atoms with Crippen molar-refractivity contribution in [2.45, 2.75) is 31.3 Å². The third-order valence-electron chi connectivity index (χ3n) is 4.58. The van der Waals surface area contributed by atoms with Crippen LogP contribution in [-0.4, -0.2) is 61.2 Å². The summed E-state index contributed by atoms with van der Waals surface area (Å²) in [6.07, 6.45) is 2.88. The Kier molecular flexibility index (Phi) is 5.23. The number of likely N-dealkylation sites (tertiary alicyclic amines) is 1. The van der Waals surface area contributed by atoms with E-state index in [4.69, 9.17) is 11.6 Å². The van der Waals surface area contributed by atoms with Crippen LogP contribution in [0, 0.1) is 0 Å². The first-order valence-electron chi connectivity index (χ1n) is 8.23. The number of urea groups is 1.